The molecule has 5 nitrogen and oxygen atoms in total. The van der Waals surface area contributed by atoms with Crippen LogP contribution in [-0.4, -0.2) is 20.9 Å². The van der Waals surface area contributed by atoms with Gasteiger partial charge in [-0.05, 0) is 24.3 Å². The highest BCUT2D eigenvalue weighted by Gasteiger charge is 2.13. The molecule has 2 aromatic rings. The summed E-state index contributed by atoms with van der Waals surface area (Å²) in [5, 5.41) is 3.06. The number of nitrogens with one attached hydrogen (secondary N) is 2. The second-order valence-corrected chi connectivity index (χ2v) is 6.66. The van der Waals surface area contributed by atoms with Crippen LogP contribution in [0.4, 0.5) is 5.69 Å². The summed E-state index contributed by atoms with van der Waals surface area (Å²) in [6.45, 7) is 0.00745. The lowest BCUT2D eigenvalue weighted by Crippen LogP contribution is -2.27. The molecule has 2 N–H and O–H groups in total. The zero-order valence-electron chi connectivity index (χ0n) is 11.6. The number of sulfonamides is 1. The van der Waals surface area contributed by atoms with Crippen molar-refractivity contribution in [2.24, 2.45) is 0 Å². The monoisotopic (exact) mass is 338 g/mol. The SMILES string of the molecule is O=C(CCNS(=O)(=O)c1ccccc1)Nc1ccccc1Cl. The van der Waals surface area contributed by atoms with E-state index in [0.717, 1.165) is 0 Å². The molecule has 1 amide bonds. The third-order valence-electron chi connectivity index (χ3n) is 2.85. The minimum atomic E-state index is -3.59. The van der Waals surface area contributed by atoms with Crippen molar-refractivity contribution in [1.29, 1.82) is 0 Å². The lowest BCUT2D eigenvalue weighted by Gasteiger charge is -2.08. The Morgan fingerprint density at radius 1 is 1.00 bits per heavy atom. The Bertz CT molecular complexity index is 748. The first kappa shape index (κ1) is 16.5. The molecule has 7 heteroatoms. The molecule has 2 rings (SSSR count). The highest BCUT2D eigenvalue weighted by atomic mass is 35.5. The van der Waals surface area contributed by atoms with Gasteiger partial charge in [0, 0.05) is 13.0 Å². The van der Waals surface area contributed by atoms with Crippen LogP contribution in [0.5, 0.6) is 0 Å². The number of carbonyl (C=O) groups excluding carboxylic acids is 1. The van der Waals surface area contributed by atoms with E-state index >= 15 is 0 Å². The molecule has 0 aliphatic carbocycles. The van der Waals surface area contributed by atoms with Crippen LogP contribution in [0.25, 0.3) is 0 Å². The van der Waals surface area contributed by atoms with E-state index in [1.807, 2.05) is 0 Å². The average molecular weight is 339 g/mol. The van der Waals surface area contributed by atoms with Crippen molar-refractivity contribution in [2.45, 2.75) is 11.3 Å². The van der Waals surface area contributed by atoms with E-state index in [1.54, 1.807) is 42.5 Å². The van der Waals surface area contributed by atoms with Crippen molar-refractivity contribution in [3.05, 3.63) is 59.6 Å². The van der Waals surface area contributed by atoms with E-state index < -0.39 is 10.0 Å². The molecule has 116 valence electrons. The van der Waals surface area contributed by atoms with E-state index in [-0.39, 0.29) is 23.8 Å². The van der Waals surface area contributed by atoms with E-state index in [4.69, 9.17) is 11.6 Å². The van der Waals surface area contributed by atoms with Crippen LogP contribution < -0.4 is 10.0 Å². The van der Waals surface area contributed by atoms with Crippen molar-refractivity contribution in [3.8, 4) is 0 Å². The van der Waals surface area contributed by atoms with E-state index in [1.165, 1.54) is 12.1 Å². The van der Waals surface area contributed by atoms with Gasteiger partial charge in [-0.15, -0.1) is 0 Å². The van der Waals surface area contributed by atoms with Crippen LogP contribution in [-0.2, 0) is 14.8 Å². The Kier molecular flexibility index (Phi) is 5.54. The van der Waals surface area contributed by atoms with Gasteiger partial charge in [0.15, 0.2) is 0 Å². The molecule has 0 aliphatic heterocycles. The first-order valence-electron chi connectivity index (χ1n) is 6.58. The molecule has 0 heterocycles. The van der Waals surface area contributed by atoms with Gasteiger partial charge in [-0.3, -0.25) is 4.79 Å². The molecule has 0 fully saturated rings. The van der Waals surface area contributed by atoms with Crippen LogP contribution in [0.2, 0.25) is 5.02 Å². The van der Waals surface area contributed by atoms with Crippen molar-refractivity contribution < 1.29 is 13.2 Å². The van der Waals surface area contributed by atoms with Gasteiger partial charge < -0.3 is 5.32 Å². The molecule has 0 spiro atoms. The predicted octanol–water partition coefficient (Wildman–Crippen LogP) is 2.65. The number of hydrogen-bond acceptors (Lipinski definition) is 3. The third kappa shape index (κ3) is 4.56. The van der Waals surface area contributed by atoms with E-state index in [2.05, 4.69) is 10.0 Å². The maximum atomic E-state index is 12.0. The topological polar surface area (TPSA) is 75.3 Å². The van der Waals surface area contributed by atoms with Gasteiger partial charge in [0.25, 0.3) is 0 Å². The number of hydrogen-bond donors (Lipinski definition) is 2. The molecule has 0 bridgehead atoms. The Labute approximate surface area is 134 Å². The molecule has 0 unspecified atom stereocenters. The highest BCUT2D eigenvalue weighted by Crippen LogP contribution is 2.20. The van der Waals surface area contributed by atoms with Crippen molar-refractivity contribution in [2.75, 3.05) is 11.9 Å². The van der Waals surface area contributed by atoms with Gasteiger partial charge in [0.1, 0.15) is 0 Å². The largest absolute Gasteiger partial charge is 0.325 e. The minimum absolute atomic E-state index is 0.00745. The van der Waals surface area contributed by atoms with Crippen LogP contribution in [0.15, 0.2) is 59.5 Å². The third-order valence-corrected chi connectivity index (χ3v) is 4.65. The fourth-order valence-corrected chi connectivity index (χ4v) is 2.99. The van der Waals surface area contributed by atoms with Crippen LogP contribution in [0, 0.1) is 0 Å². The quantitative estimate of drug-likeness (QED) is 0.850. The van der Waals surface area contributed by atoms with Crippen molar-refractivity contribution in [3.63, 3.8) is 0 Å². The summed E-state index contributed by atoms with van der Waals surface area (Å²) >= 11 is 5.93. The van der Waals surface area contributed by atoms with Gasteiger partial charge in [-0.1, -0.05) is 41.9 Å². The summed E-state index contributed by atoms with van der Waals surface area (Å²) < 4.78 is 26.3. The summed E-state index contributed by atoms with van der Waals surface area (Å²) in [7, 11) is -3.59. The predicted molar refractivity (Wildman–Crippen MR) is 86.3 cm³/mol. The molecule has 0 saturated heterocycles. The maximum absolute atomic E-state index is 12.0. The molecular formula is C15H15ClN2O3S. The maximum Gasteiger partial charge on any atom is 0.240 e. The highest BCUT2D eigenvalue weighted by molar-refractivity contribution is 7.89. The molecule has 2 aromatic carbocycles. The summed E-state index contributed by atoms with van der Waals surface area (Å²) in [6, 6.07) is 14.8. The fourth-order valence-electron chi connectivity index (χ4n) is 1.76. The first-order valence-corrected chi connectivity index (χ1v) is 8.44. The molecule has 0 saturated carbocycles. The molecule has 22 heavy (non-hydrogen) atoms. The van der Waals surface area contributed by atoms with Crippen LogP contribution >= 0.6 is 11.6 Å². The number of anilines is 1. The zero-order valence-corrected chi connectivity index (χ0v) is 13.2. The second kappa shape index (κ2) is 7.40. The fraction of sp³-hybridized carbons (Fsp3) is 0.133. The number of amides is 1. The summed E-state index contributed by atoms with van der Waals surface area (Å²) in [6.07, 6.45) is 0.0112. The Morgan fingerprint density at radius 3 is 2.32 bits per heavy atom. The summed E-state index contributed by atoms with van der Waals surface area (Å²) in [5.41, 5.74) is 0.500. The average Bonchev–Trinajstić information content (AvgIpc) is 2.50. The van der Waals surface area contributed by atoms with E-state index in [0.29, 0.717) is 10.7 Å². The van der Waals surface area contributed by atoms with Crippen molar-refractivity contribution >= 4 is 33.2 Å². The number of halogens is 1. The lowest BCUT2D eigenvalue weighted by atomic mass is 10.3. The Morgan fingerprint density at radius 2 is 1.64 bits per heavy atom. The standard InChI is InChI=1S/C15H15ClN2O3S/c16-13-8-4-5-9-14(13)18-15(19)10-11-17-22(20,21)12-6-2-1-3-7-12/h1-9,17H,10-11H2,(H,18,19). The first-order chi connectivity index (χ1) is 10.5. The van der Waals surface area contributed by atoms with Gasteiger partial charge in [-0.2, -0.15) is 0 Å². The normalized spacial score (nSPS) is 11.1. The smallest absolute Gasteiger partial charge is 0.240 e. The second-order valence-electron chi connectivity index (χ2n) is 4.49. The van der Waals surface area contributed by atoms with Gasteiger partial charge >= 0.3 is 0 Å². The molecule has 0 atom stereocenters. The lowest BCUT2D eigenvalue weighted by molar-refractivity contribution is -0.116. The Hall–Kier alpha value is -1.89. The number of carbonyl (C=O) groups is 1. The molecule has 0 radical (unpaired) electrons. The van der Waals surface area contributed by atoms with Crippen LogP contribution in [0.3, 0.4) is 0 Å². The van der Waals surface area contributed by atoms with Gasteiger partial charge in [0.05, 0.1) is 15.6 Å². The summed E-state index contributed by atoms with van der Waals surface area (Å²) in [5.74, 6) is -0.316. The number of rotatable bonds is 6. The zero-order chi connectivity index (χ0) is 16.0. The van der Waals surface area contributed by atoms with Crippen LogP contribution in [0.1, 0.15) is 6.42 Å². The summed E-state index contributed by atoms with van der Waals surface area (Å²) in [4.78, 5) is 12.0. The molecular weight excluding hydrogens is 324 g/mol. The molecule has 0 aliphatic rings. The van der Waals surface area contributed by atoms with Gasteiger partial charge in [0.2, 0.25) is 15.9 Å². The number of para-hydroxylation sites is 1. The number of benzene rings is 2. The van der Waals surface area contributed by atoms with E-state index in [9.17, 15) is 13.2 Å². The minimum Gasteiger partial charge on any atom is -0.325 e. The Balaban J connectivity index is 1.86. The van der Waals surface area contributed by atoms with Crippen molar-refractivity contribution in [1.82, 2.24) is 4.72 Å². The molecule has 0 aromatic heterocycles. The van der Waals surface area contributed by atoms with Gasteiger partial charge in [-0.25, -0.2) is 13.1 Å².